The van der Waals surface area contributed by atoms with E-state index in [1.54, 1.807) is 0 Å². The van der Waals surface area contributed by atoms with E-state index in [1.807, 2.05) is 0 Å². The first-order chi connectivity index (χ1) is 18.5. The number of fused-ring (bicyclic) bond motifs is 5. The van der Waals surface area contributed by atoms with Gasteiger partial charge in [-0.3, -0.25) is 0 Å². The summed E-state index contributed by atoms with van der Waals surface area (Å²) in [5, 5.41) is 3.76. The maximum atomic E-state index is 6.79. The van der Waals surface area contributed by atoms with Gasteiger partial charge in [-0.2, -0.15) is 0 Å². The fourth-order valence-corrected chi connectivity index (χ4v) is 10.6. The van der Waals surface area contributed by atoms with Crippen LogP contribution in [0.15, 0.2) is 0 Å². The van der Waals surface area contributed by atoms with E-state index in [1.165, 1.54) is 122 Å². The number of rotatable bonds is 16. The van der Waals surface area contributed by atoms with Gasteiger partial charge < -0.3 is 15.8 Å². The van der Waals surface area contributed by atoms with E-state index < -0.39 is 0 Å². The zero-order valence-corrected chi connectivity index (χ0v) is 26.1. The van der Waals surface area contributed by atoms with Gasteiger partial charge in [-0.1, -0.05) is 72.6 Å². The average molecular weight is 531 g/mol. The lowest BCUT2D eigenvalue weighted by atomic mass is 9.44. The molecule has 38 heavy (non-hydrogen) atoms. The Bertz CT molecular complexity index is 683. The largest absolute Gasteiger partial charge is 0.378 e. The van der Waals surface area contributed by atoms with Crippen molar-refractivity contribution >= 4 is 0 Å². The summed E-state index contributed by atoms with van der Waals surface area (Å²) >= 11 is 0. The van der Waals surface area contributed by atoms with Crippen molar-refractivity contribution in [1.82, 2.24) is 5.32 Å². The molecule has 3 N–H and O–H groups in total. The summed E-state index contributed by atoms with van der Waals surface area (Å²) in [6, 6.07) is 0. The Balaban J connectivity index is 1.31. The number of nitrogens with two attached hydrogens (primary N) is 1. The van der Waals surface area contributed by atoms with Crippen molar-refractivity contribution in [1.29, 1.82) is 0 Å². The van der Waals surface area contributed by atoms with Gasteiger partial charge in [-0.15, -0.1) is 0 Å². The third kappa shape index (κ3) is 6.84. The number of nitrogens with one attached hydrogen (secondary N) is 1. The van der Waals surface area contributed by atoms with Gasteiger partial charge in [-0.05, 0) is 137 Å². The van der Waals surface area contributed by atoms with Gasteiger partial charge in [0.1, 0.15) is 0 Å². The zero-order valence-electron chi connectivity index (χ0n) is 26.1. The van der Waals surface area contributed by atoms with Crippen molar-refractivity contribution in [2.24, 2.45) is 52.1 Å². The van der Waals surface area contributed by atoms with E-state index in [4.69, 9.17) is 10.5 Å². The first-order valence-corrected chi connectivity index (χ1v) is 17.5. The van der Waals surface area contributed by atoms with Crippen LogP contribution in [0.2, 0.25) is 0 Å². The van der Waals surface area contributed by atoms with Gasteiger partial charge in [0.15, 0.2) is 0 Å². The van der Waals surface area contributed by atoms with Crippen LogP contribution in [0.25, 0.3) is 0 Å². The minimum absolute atomic E-state index is 0.493. The maximum Gasteiger partial charge on any atom is 0.0611 e. The second kappa shape index (κ2) is 14.7. The van der Waals surface area contributed by atoms with Gasteiger partial charge in [0.25, 0.3) is 0 Å². The second-order valence-corrected chi connectivity index (χ2v) is 14.9. The molecule has 4 rings (SSSR count). The molecule has 222 valence electrons. The van der Waals surface area contributed by atoms with Crippen LogP contribution in [-0.4, -0.2) is 32.3 Å². The lowest BCUT2D eigenvalue weighted by Crippen LogP contribution is -2.58. The van der Waals surface area contributed by atoms with Gasteiger partial charge in [0.2, 0.25) is 0 Å². The SMILES string of the molecule is CCCCCCCCNCCC[C@@H](C)C1CCC2C3C(OCCCN)CC4CCCCC4(C)C3CCC21C. The highest BCUT2D eigenvalue weighted by Crippen LogP contribution is 2.68. The lowest BCUT2D eigenvalue weighted by molar-refractivity contribution is -0.180. The van der Waals surface area contributed by atoms with E-state index in [2.05, 4.69) is 33.0 Å². The van der Waals surface area contributed by atoms with E-state index in [0.29, 0.717) is 16.9 Å². The molecular formula is C35H66N2O. The fourth-order valence-electron chi connectivity index (χ4n) is 10.6. The predicted octanol–water partition coefficient (Wildman–Crippen LogP) is 8.75. The Labute approximate surface area is 237 Å². The molecule has 0 aromatic rings. The third-order valence-electron chi connectivity index (χ3n) is 12.7. The first kappa shape index (κ1) is 30.8. The second-order valence-electron chi connectivity index (χ2n) is 14.9. The van der Waals surface area contributed by atoms with Gasteiger partial charge >= 0.3 is 0 Å². The molecule has 9 atom stereocenters. The molecular weight excluding hydrogens is 464 g/mol. The molecule has 0 amide bonds. The topological polar surface area (TPSA) is 47.3 Å². The van der Waals surface area contributed by atoms with E-state index in [-0.39, 0.29) is 0 Å². The Kier molecular flexibility index (Phi) is 11.9. The molecule has 0 heterocycles. The molecule has 4 saturated carbocycles. The van der Waals surface area contributed by atoms with Gasteiger partial charge in [-0.25, -0.2) is 0 Å². The monoisotopic (exact) mass is 531 g/mol. The van der Waals surface area contributed by atoms with Crippen LogP contribution in [-0.2, 0) is 4.74 Å². The molecule has 0 bridgehead atoms. The maximum absolute atomic E-state index is 6.79. The highest BCUT2D eigenvalue weighted by Gasteiger charge is 2.62. The summed E-state index contributed by atoms with van der Waals surface area (Å²) in [4.78, 5) is 0. The summed E-state index contributed by atoms with van der Waals surface area (Å²) in [7, 11) is 0. The summed E-state index contributed by atoms with van der Waals surface area (Å²) < 4.78 is 6.79. The highest BCUT2D eigenvalue weighted by atomic mass is 16.5. The van der Waals surface area contributed by atoms with Crippen molar-refractivity contribution in [2.75, 3.05) is 26.2 Å². The molecule has 3 nitrogen and oxygen atoms in total. The normalized spacial score (nSPS) is 39.4. The van der Waals surface area contributed by atoms with Gasteiger partial charge in [0.05, 0.1) is 6.10 Å². The van der Waals surface area contributed by atoms with Crippen molar-refractivity contribution in [2.45, 2.75) is 149 Å². The number of hydrogen-bond acceptors (Lipinski definition) is 3. The van der Waals surface area contributed by atoms with Gasteiger partial charge in [0, 0.05) is 6.61 Å². The van der Waals surface area contributed by atoms with E-state index in [0.717, 1.165) is 55.1 Å². The zero-order chi connectivity index (χ0) is 27.0. The molecule has 4 aliphatic rings. The summed E-state index contributed by atoms with van der Waals surface area (Å²) in [6.07, 6.45) is 25.7. The van der Waals surface area contributed by atoms with Crippen LogP contribution in [0.1, 0.15) is 143 Å². The average Bonchev–Trinajstić information content (AvgIpc) is 3.27. The first-order valence-electron chi connectivity index (χ1n) is 17.5. The highest BCUT2D eigenvalue weighted by molar-refractivity contribution is 5.11. The van der Waals surface area contributed by atoms with Crippen molar-refractivity contribution in [3.05, 3.63) is 0 Å². The minimum Gasteiger partial charge on any atom is -0.378 e. The molecule has 4 fully saturated rings. The molecule has 0 aromatic carbocycles. The lowest BCUT2D eigenvalue weighted by Gasteiger charge is -2.62. The molecule has 3 heteroatoms. The van der Waals surface area contributed by atoms with Crippen molar-refractivity contribution < 1.29 is 4.74 Å². The number of unbranched alkanes of at least 4 members (excludes halogenated alkanes) is 5. The molecule has 0 saturated heterocycles. The summed E-state index contributed by atoms with van der Waals surface area (Å²) in [6.45, 7) is 14.4. The van der Waals surface area contributed by atoms with Crippen LogP contribution in [0.4, 0.5) is 0 Å². The third-order valence-corrected chi connectivity index (χ3v) is 12.7. The van der Waals surface area contributed by atoms with Crippen LogP contribution < -0.4 is 11.1 Å². The molecule has 0 spiro atoms. The van der Waals surface area contributed by atoms with Crippen LogP contribution >= 0.6 is 0 Å². The van der Waals surface area contributed by atoms with E-state index in [9.17, 15) is 0 Å². The van der Waals surface area contributed by atoms with Crippen molar-refractivity contribution in [3.63, 3.8) is 0 Å². The molecule has 4 aliphatic carbocycles. The molecule has 8 unspecified atom stereocenters. The minimum atomic E-state index is 0.493. The Morgan fingerprint density at radius 2 is 1.61 bits per heavy atom. The predicted molar refractivity (Wildman–Crippen MR) is 163 cm³/mol. The standard InChI is InChI=1S/C35H66N2O/c1-5-6-7-8-9-12-23-37-24-13-15-27(2)29-17-18-30-33-31(19-21-35(29,30)4)34(3)20-11-10-16-28(34)26-32(33)38-25-14-22-36/h27-33,37H,5-26,36H2,1-4H3/t27-,28?,29?,30?,31?,32?,33?,34?,35?/m1/s1. The molecule has 0 aromatic heterocycles. The quantitative estimate of drug-likeness (QED) is 0.196. The smallest absolute Gasteiger partial charge is 0.0611 e. The molecule has 0 radical (unpaired) electrons. The van der Waals surface area contributed by atoms with Crippen LogP contribution in [0.3, 0.4) is 0 Å². The number of hydrogen-bond donors (Lipinski definition) is 2. The Hall–Kier alpha value is -0.120. The molecule has 0 aliphatic heterocycles. The Morgan fingerprint density at radius 3 is 2.42 bits per heavy atom. The Morgan fingerprint density at radius 1 is 0.842 bits per heavy atom. The van der Waals surface area contributed by atoms with Crippen LogP contribution in [0.5, 0.6) is 0 Å². The summed E-state index contributed by atoms with van der Waals surface area (Å²) in [5.41, 5.74) is 6.97. The number of ether oxygens (including phenoxy) is 1. The van der Waals surface area contributed by atoms with E-state index >= 15 is 0 Å². The summed E-state index contributed by atoms with van der Waals surface area (Å²) in [5.74, 6) is 5.22. The van der Waals surface area contributed by atoms with Crippen LogP contribution in [0, 0.1) is 46.3 Å². The fraction of sp³-hybridized carbons (Fsp3) is 1.00. The van der Waals surface area contributed by atoms with Crippen molar-refractivity contribution in [3.8, 4) is 0 Å².